The largest absolute Gasteiger partial charge is 0.465 e. The van der Waals surface area contributed by atoms with Crippen molar-refractivity contribution >= 4 is 41.0 Å². The van der Waals surface area contributed by atoms with Crippen LogP contribution in [0, 0.1) is 22.0 Å². The number of para-hydroxylation sites is 1. The maximum atomic E-state index is 14.1. The third-order valence-electron chi connectivity index (χ3n) is 7.62. The summed E-state index contributed by atoms with van der Waals surface area (Å²) < 4.78 is 4.87. The molecule has 0 saturated carbocycles. The number of ether oxygens (including phenoxy) is 1. The molecule has 3 heterocycles. The third kappa shape index (κ3) is 3.56. The second-order valence-electron chi connectivity index (χ2n) is 9.53. The number of nitro groups is 1. The number of methoxy groups -OCH3 is 1. The summed E-state index contributed by atoms with van der Waals surface area (Å²) >= 11 is 0. The summed E-state index contributed by atoms with van der Waals surface area (Å²) in [6, 6.07) is 17.2. The molecule has 2 amide bonds. The SMILES string of the molecule is COC(=O)c1ccccc1N1C(=O)[C@@H]2[C@H](C1=O)C1c3ccccc3C=CN1[C@@H]2C(=O)c1cccc([N+](=O)[O-])c1. The van der Waals surface area contributed by atoms with Crippen LogP contribution in [0.3, 0.4) is 0 Å². The number of carbonyl (C=O) groups excluding carboxylic acids is 4. The number of Topliss-reactive ketones (excluding diaryl/α,β-unsaturated/α-hetero) is 1. The van der Waals surface area contributed by atoms with Gasteiger partial charge in [0.05, 0.1) is 41.2 Å². The zero-order valence-corrected chi connectivity index (χ0v) is 20.6. The van der Waals surface area contributed by atoms with Gasteiger partial charge in [-0.05, 0) is 29.3 Å². The zero-order valence-electron chi connectivity index (χ0n) is 20.6. The van der Waals surface area contributed by atoms with Crippen LogP contribution in [0.2, 0.25) is 0 Å². The summed E-state index contributed by atoms with van der Waals surface area (Å²) in [5, 5.41) is 11.4. The Morgan fingerprint density at radius 3 is 2.41 bits per heavy atom. The molecule has 0 aliphatic carbocycles. The Hall–Kier alpha value is -5.12. The van der Waals surface area contributed by atoms with Gasteiger partial charge >= 0.3 is 5.97 Å². The zero-order chi connectivity index (χ0) is 27.4. The number of ketones is 1. The molecule has 6 rings (SSSR count). The minimum atomic E-state index is -1.10. The lowest BCUT2D eigenvalue weighted by molar-refractivity contribution is -0.384. The van der Waals surface area contributed by atoms with Crippen LogP contribution >= 0.6 is 0 Å². The number of fused-ring (bicyclic) bond motifs is 5. The van der Waals surface area contributed by atoms with Gasteiger partial charge in [-0.2, -0.15) is 0 Å². The lowest BCUT2D eigenvalue weighted by atomic mass is 9.83. The van der Waals surface area contributed by atoms with E-state index in [0.717, 1.165) is 16.0 Å². The molecule has 3 aliphatic heterocycles. The number of nitrogens with zero attached hydrogens (tertiary/aromatic N) is 3. The molecule has 10 heteroatoms. The van der Waals surface area contributed by atoms with Crippen LogP contribution in [-0.2, 0) is 14.3 Å². The number of esters is 1. The van der Waals surface area contributed by atoms with Crippen molar-refractivity contribution in [3.8, 4) is 0 Å². The van der Waals surface area contributed by atoms with Crippen LogP contribution < -0.4 is 4.90 Å². The number of amides is 2. The highest BCUT2D eigenvalue weighted by Crippen LogP contribution is 2.54. The van der Waals surface area contributed by atoms with Gasteiger partial charge in [0.25, 0.3) is 5.69 Å². The molecule has 3 aromatic rings. The number of non-ortho nitro benzene ring substituents is 1. The molecular weight excluding hydrogens is 502 g/mol. The summed E-state index contributed by atoms with van der Waals surface area (Å²) in [5.74, 6) is -4.39. The quantitative estimate of drug-likeness (QED) is 0.163. The van der Waals surface area contributed by atoms with E-state index >= 15 is 0 Å². The van der Waals surface area contributed by atoms with Crippen LogP contribution in [0.1, 0.15) is 37.9 Å². The first-order chi connectivity index (χ1) is 18.8. The van der Waals surface area contributed by atoms with Gasteiger partial charge in [0.2, 0.25) is 11.8 Å². The minimum absolute atomic E-state index is 0.0454. The highest BCUT2D eigenvalue weighted by molar-refractivity contribution is 6.26. The fraction of sp³-hybridized carbons (Fsp3) is 0.172. The molecule has 0 bridgehead atoms. The lowest BCUT2D eigenvalue weighted by Crippen LogP contribution is -2.44. The number of imide groups is 1. The van der Waals surface area contributed by atoms with Crippen molar-refractivity contribution in [1.82, 2.24) is 4.90 Å². The minimum Gasteiger partial charge on any atom is -0.465 e. The van der Waals surface area contributed by atoms with Crippen LogP contribution in [0.5, 0.6) is 0 Å². The van der Waals surface area contributed by atoms with E-state index in [1.807, 2.05) is 30.3 Å². The molecular formula is C29H21N3O7. The second-order valence-corrected chi connectivity index (χ2v) is 9.53. The van der Waals surface area contributed by atoms with Crippen molar-refractivity contribution in [2.45, 2.75) is 12.1 Å². The van der Waals surface area contributed by atoms with E-state index in [1.54, 1.807) is 23.2 Å². The molecule has 2 fully saturated rings. The Morgan fingerprint density at radius 1 is 0.923 bits per heavy atom. The fourth-order valence-corrected chi connectivity index (χ4v) is 5.99. The Morgan fingerprint density at radius 2 is 1.64 bits per heavy atom. The Labute approximate surface area is 222 Å². The monoisotopic (exact) mass is 523 g/mol. The summed E-state index contributed by atoms with van der Waals surface area (Å²) in [5.41, 5.74) is 1.58. The van der Waals surface area contributed by atoms with E-state index in [9.17, 15) is 29.3 Å². The van der Waals surface area contributed by atoms with Crippen molar-refractivity contribution in [3.63, 3.8) is 0 Å². The van der Waals surface area contributed by atoms with Gasteiger partial charge in [0.15, 0.2) is 5.78 Å². The molecule has 3 aliphatic rings. The maximum Gasteiger partial charge on any atom is 0.339 e. The first kappa shape index (κ1) is 24.2. The van der Waals surface area contributed by atoms with E-state index in [4.69, 9.17) is 4.74 Å². The number of anilines is 1. The van der Waals surface area contributed by atoms with Gasteiger partial charge in [0, 0.05) is 23.9 Å². The summed E-state index contributed by atoms with van der Waals surface area (Å²) in [4.78, 5) is 68.1. The molecule has 10 nitrogen and oxygen atoms in total. The lowest BCUT2D eigenvalue weighted by Gasteiger charge is -2.35. The standard InChI is InChI=1S/C29H21N3O7/c1-39-29(36)20-11-4-5-12-21(20)31-27(34)22-23(28(31)35)25(26(33)17-8-6-9-18(15-17)32(37)38)30-14-13-16-7-2-3-10-19(16)24(22)30/h2-15,22-25H,1H3/t22-,23+,24?,25-/m0/s1. The van der Waals surface area contributed by atoms with E-state index < -0.39 is 52.4 Å². The molecule has 39 heavy (non-hydrogen) atoms. The molecule has 194 valence electrons. The molecule has 1 unspecified atom stereocenters. The highest BCUT2D eigenvalue weighted by Gasteiger charge is 2.64. The van der Waals surface area contributed by atoms with Crippen molar-refractivity contribution in [2.24, 2.45) is 11.8 Å². The normalized spacial score (nSPS) is 22.8. The highest BCUT2D eigenvalue weighted by atomic mass is 16.6. The van der Waals surface area contributed by atoms with Gasteiger partial charge < -0.3 is 9.64 Å². The predicted molar refractivity (Wildman–Crippen MR) is 139 cm³/mol. The fourth-order valence-electron chi connectivity index (χ4n) is 5.99. The molecule has 0 spiro atoms. The summed E-state index contributed by atoms with van der Waals surface area (Å²) in [6.45, 7) is 0. The second kappa shape index (κ2) is 9.02. The molecule has 0 N–H and O–H groups in total. The van der Waals surface area contributed by atoms with E-state index in [-0.39, 0.29) is 22.5 Å². The van der Waals surface area contributed by atoms with Gasteiger partial charge in [-0.25, -0.2) is 9.69 Å². The number of rotatable bonds is 5. The van der Waals surface area contributed by atoms with Crippen molar-refractivity contribution in [2.75, 3.05) is 12.0 Å². The third-order valence-corrected chi connectivity index (χ3v) is 7.62. The Balaban J connectivity index is 1.51. The van der Waals surface area contributed by atoms with Gasteiger partial charge in [-0.15, -0.1) is 0 Å². The number of hydrogen-bond acceptors (Lipinski definition) is 8. The van der Waals surface area contributed by atoms with Crippen molar-refractivity contribution in [3.05, 3.63) is 111 Å². The van der Waals surface area contributed by atoms with Crippen LogP contribution in [0.25, 0.3) is 6.08 Å². The van der Waals surface area contributed by atoms with Gasteiger partial charge in [-0.3, -0.25) is 24.5 Å². The molecule has 2 saturated heterocycles. The first-order valence-corrected chi connectivity index (χ1v) is 12.2. The Bertz CT molecular complexity index is 1610. The molecule has 3 aromatic carbocycles. The van der Waals surface area contributed by atoms with Crippen LogP contribution in [-0.4, -0.2) is 46.5 Å². The van der Waals surface area contributed by atoms with Crippen molar-refractivity contribution in [1.29, 1.82) is 0 Å². The van der Waals surface area contributed by atoms with Gasteiger partial charge in [-0.1, -0.05) is 48.5 Å². The van der Waals surface area contributed by atoms with Crippen LogP contribution in [0.15, 0.2) is 79.0 Å². The maximum absolute atomic E-state index is 14.1. The molecule has 4 atom stereocenters. The van der Waals surface area contributed by atoms with E-state index in [0.29, 0.717) is 0 Å². The van der Waals surface area contributed by atoms with E-state index in [1.165, 1.54) is 43.5 Å². The number of nitro benzene ring substituents is 1. The molecule has 0 aromatic heterocycles. The number of benzene rings is 3. The van der Waals surface area contributed by atoms with Gasteiger partial charge in [0.1, 0.15) is 6.04 Å². The first-order valence-electron chi connectivity index (χ1n) is 12.2. The summed E-state index contributed by atoms with van der Waals surface area (Å²) in [7, 11) is 1.21. The average Bonchev–Trinajstić information content (AvgIpc) is 3.44. The van der Waals surface area contributed by atoms with Crippen molar-refractivity contribution < 1.29 is 28.8 Å². The average molecular weight is 524 g/mol. The Kier molecular flexibility index (Phi) is 5.60. The number of carbonyl (C=O) groups is 4. The van der Waals surface area contributed by atoms with E-state index in [2.05, 4.69) is 0 Å². The smallest absolute Gasteiger partial charge is 0.339 e. The van der Waals surface area contributed by atoms with Crippen LogP contribution in [0.4, 0.5) is 11.4 Å². The number of hydrogen-bond donors (Lipinski definition) is 0. The molecule has 0 radical (unpaired) electrons. The summed E-state index contributed by atoms with van der Waals surface area (Å²) in [6.07, 6.45) is 3.53. The predicted octanol–water partition coefficient (Wildman–Crippen LogP) is 3.78. The topological polar surface area (TPSA) is 127 Å².